The fraction of sp³-hybridized carbons (Fsp3) is 0. The zero-order chi connectivity index (χ0) is 13.7. The van der Waals surface area contributed by atoms with Crippen molar-refractivity contribution in [3.05, 3.63) is 77.4 Å². The van der Waals surface area contributed by atoms with Gasteiger partial charge in [-0.2, -0.15) is 5.26 Å². The average molecular weight is 249 g/mol. The monoisotopic (exact) mass is 249 g/mol. The van der Waals surface area contributed by atoms with E-state index in [0.29, 0.717) is 16.7 Å². The summed E-state index contributed by atoms with van der Waals surface area (Å²) in [4.78, 5) is 11.0. The van der Waals surface area contributed by atoms with E-state index in [2.05, 4.69) is 6.07 Å². The highest BCUT2D eigenvalue weighted by Gasteiger charge is 2.10. The Kier molecular flexibility index (Phi) is 3.75. The molecule has 0 fully saturated rings. The van der Waals surface area contributed by atoms with E-state index in [9.17, 15) is 4.79 Å². The van der Waals surface area contributed by atoms with Crippen LogP contribution in [0.15, 0.2) is 60.7 Å². The Hall–Kier alpha value is -2.86. The van der Waals surface area contributed by atoms with E-state index in [1.807, 2.05) is 30.3 Å². The molecule has 1 N–H and O–H groups in total. The number of hydrogen-bond acceptors (Lipinski definition) is 2. The molecule has 0 spiro atoms. The molecule has 3 nitrogen and oxygen atoms in total. The summed E-state index contributed by atoms with van der Waals surface area (Å²) in [6, 6.07) is 18.2. The van der Waals surface area contributed by atoms with Gasteiger partial charge in [-0.05, 0) is 17.2 Å². The Bertz CT molecular complexity index is 667. The third-order valence-electron chi connectivity index (χ3n) is 2.69. The number of benzene rings is 2. The van der Waals surface area contributed by atoms with Crippen LogP contribution in [-0.4, -0.2) is 11.1 Å². The number of hydrogen-bond donors (Lipinski definition) is 1. The first-order chi connectivity index (χ1) is 9.22. The number of carboxylic acids is 1. The minimum atomic E-state index is -1.04. The predicted molar refractivity (Wildman–Crippen MR) is 72.3 cm³/mol. The van der Waals surface area contributed by atoms with Crippen molar-refractivity contribution < 1.29 is 9.90 Å². The molecule has 0 saturated carbocycles. The molecule has 0 atom stereocenters. The first-order valence-electron chi connectivity index (χ1n) is 5.72. The number of nitriles is 1. The standard InChI is InChI=1S/C16H11NO2/c17-11-13-8-4-5-9-14(13)15(10-16(18)19)12-6-2-1-3-7-12/h1-10H,(H,18,19)/b15-10+. The van der Waals surface area contributed by atoms with Crippen molar-refractivity contribution in [2.45, 2.75) is 0 Å². The molecule has 0 bridgehead atoms. The lowest BCUT2D eigenvalue weighted by molar-refractivity contribution is -0.131. The highest BCUT2D eigenvalue weighted by atomic mass is 16.4. The summed E-state index contributed by atoms with van der Waals surface area (Å²) in [5.74, 6) is -1.04. The second kappa shape index (κ2) is 5.65. The molecule has 0 aliphatic rings. The van der Waals surface area contributed by atoms with Gasteiger partial charge >= 0.3 is 5.97 Å². The van der Waals surface area contributed by atoms with E-state index in [-0.39, 0.29) is 0 Å². The predicted octanol–water partition coefficient (Wildman–Crippen LogP) is 3.07. The molecule has 0 aliphatic heterocycles. The molecule has 0 aromatic heterocycles. The lowest BCUT2D eigenvalue weighted by Gasteiger charge is -2.09. The molecule has 3 heteroatoms. The van der Waals surface area contributed by atoms with E-state index in [0.717, 1.165) is 11.6 Å². The summed E-state index contributed by atoms with van der Waals surface area (Å²) in [5.41, 5.74) is 2.38. The number of carboxylic acid groups (broad SMARTS) is 1. The minimum Gasteiger partial charge on any atom is -0.478 e. The summed E-state index contributed by atoms with van der Waals surface area (Å²) >= 11 is 0. The molecule has 19 heavy (non-hydrogen) atoms. The minimum absolute atomic E-state index is 0.457. The molecular weight excluding hydrogens is 238 g/mol. The Morgan fingerprint density at radius 1 is 1.05 bits per heavy atom. The highest BCUT2D eigenvalue weighted by molar-refractivity contribution is 5.96. The van der Waals surface area contributed by atoms with E-state index in [4.69, 9.17) is 10.4 Å². The van der Waals surface area contributed by atoms with Crippen molar-refractivity contribution in [1.29, 1.82) is 5.26 Å². The Balaban J connectivity index is 2.64. The number of rotatable bonds is 3. The van der Waals surface area contributed by atoms with Crippen LogP contribution >= 0.6 is 0 Å². The van der Waals surface area contributed by atoms with Gasteiger partial charge in [-0.25, -0.2) is 4.79 Å². The van der Waals surface area contributed by atoms with Crippen molar-refractivity contribution in [2.75, 3.05) is 0 Å². The number of carbonyl (C=O) groups is 1. The third-order valence-corrected chi connectivity index (χ3v) is 2.69. The summed E-state index contributed by atoms with van der Waals surface area (Å²) in [6.07, 6.45) is 1.13. The molecule has 0 unspecified atom stereocenters. The highest BCUT2D eigenvalue weighted by Crippen LogP contribution is 2.25. The van der Waals surface area contributed by atoms with Gasteiger partial charge in [-0.1, -0.05) is 48.5 Å². The lowest BCUT2D eigenvalue weighted by Crippen LogP contribution is -1.96. The zero-order valence-corrected chi connectivity index (χ0v) is 10.1. The summed E-state index contributed by atoms with van der Waals surface area (Å²) in [6.45, 7) is 0. The molecule has 0 saturated heterocycles. The van der Waals surface area contributed by atoms with Gasteiger partial charge in [0.25, 0.3) is 0 Å². The Morgan fingerprint density at radius 2 is 1.68 bits per heavy atom. The lowest BCUT2D eigenvalue weighted by atomic mass is 9.94. The quantitative estimate of drug-likeness (QED) is 0.850. The van der Waals surface area contributed by atoms with E-state index >= 15 is 0 Å². The molecule has 0 heterocycles. The first kappa shape index (κ1) is 12.6. The van der Waals surface area contributed by atoms with Gasteiger partial charge in [0.15, 0.2) is 0 Å². The van der Waals surface area contributed by atoms with Crippen LogP contribution in [0, 0.1) is 11.3 Å². The van der Waals surface area contributed by atoms with Crippen LogP contribution in [0.4, 0.5) is 0 Å². The van der Waals surface area contributed by atoms with E-state index in [1.54, 1.807) is 24.3 Å². The van der Waals surface area contributed by atoms with Gasteiger partial charge < -0.3 is 5.11 Å². The zero-order valence-electron chi connectivity index (χ0n) is 10.1. The Labute approximate surface area is 111 Å². The van der Waals surface area contributed by atoms with E-state index < -0.39 is 5.97 Å². The van der Waals surface area contributed by atoms with Gasteiger partial charge in [0.05, 0.1) is 11.6 Å². The maximum absolute atomic E-state index is 11.0. The van der Waals surface area contributed by atoms with Crippen LogP contribution in [-0.2, 0) is 4.79 Å². The molecule has 2 aromatic rings. The van der Waals surface area contributed by atoms with Gasteiger partial charge in [0, 0.05) is 11.6 Å². The van der Waals surface area contributed by atoms with Gasteiger partial charge in [0.2, 0.25) is 0 Å². The second-order valence-corrected chi connectivity index (χ2v) is 3.92. The van der Waals surface area contributed by atoms with Crippen LogP contribution in [0.5, 0.6) is 0 Å². The summed E-state index contributed by atoms with van der Waals surface area (Å²) in [7, 11) is 0. The maximum Gasteiger partial charge on any atom is 0.328 e. The molecule has 2 aromatic carbocycles. The van der Waals surface area contributed by atoms with Crippen LogP contribution < -0.4 is 0 Å². The fourth-order valence-electron chi connectivity index (χ4n) is 1.87. The van der Waals surface area contributed by atoms with Crippen molar-refractivity contribution in [3.8, 4) is 6.07 Å². The van der Waals surface area contributed by atoms with Crippen molar-refractivity contribution >= 4 is 11.5 Å². The molecule has 0 amide bonds. The second-order valence-electron chi connectivity index (χ2n) is 3.92. The van der Waals surface area contributed by atoms with Crippen molar-refractivity contribution in [1.82, 2.24) is 0 Å². The van der Waals surface area contributed by atoms with Crippen molar-refractivity contribution in [3.63, 3.8) is 0 Å². The number of aliphatic carboxylic acids is 1. The maximum atomic E-state index is 11.0. The smallest absolute Gasteiger partial charge is 0.328 e. The van der Waals surface area contributed by atoms with Crippen LogP contribution in [0.1, 0.15) is 16.7 Å². The fourth-order valence-corrected chi connectivity index (χ4v) is 1.87. The van der Waals surface area contributed by atoms with Crippen LogP contribution in [0.25, 0.3) is 5.57 Å². The molecule has 0 radical (unpaired) electrons. The average Bonchev–Trinajstić information content (AvgIpc) is 2.45. The molecule has 0 aliphatic carbocycles. The SMILES string of the molecule is N#Cc1ccccc1/C(=C/C(=O)O)c1ccccc1. The van der Waals surface area contributed by atoms with Crippen LogP contribution in [0.3, 0.4) is 0 Å². The first-order valence-corrected chi connectivity index (χ1v) is 5.72. The van der Waals surface area contributed by atoms with Crippen LogP contribution in [0.2, 0.25) is 0 Å². The van der Waals surface area contributed by atoms with Crippen molar-refractivity contribution in [2.24, 2.45) is 0 Å². The molecule has 2 rings (SSSR count). The summed E-state index contributed by atoms with van der Waals surface area (Å²) < 4.78 is 0. The third kappa shape index (κ3) is 2.88. The van der Waals surface area contributed by atoms with Gasteiger partial charge in [0.1, 0.15) is 0 Å². The largest absolute Gasteiger partial charge is 0.478 e. The van der Waals surface area contributed by atoms with Gasteiger partial charge in [-0.3, -0.25) is 0 Å². The molecular formula is C16H11NO2. The van der Waals surface area contributed by atoms with Gasteiger partial charge in [-0.15, -0.1) is 0 Å². The topological polar surface area (TPSA) is 61.1 Å². The van der Waals surface area contributed by atoms with E-state index in [1.165, 1.54) is 0 Å². The molecule has 92 valence electrons. The Morgan fingerprint density at radius 3 is 2.32 bits per heavy atom. The normalized spacial score (nSPS) is 10.8. The summed E-state index contributed by atoms with van der Waals surface area (Å²) in [5, 5.41) is 18.1. The number of nitrogens with zero attached hydrogens (tertiary/aromatic N) is 1.